The van der Waals surface area contributed by atoms with E-state index in [4.69, 9.17) is 5.73 Å². The van der Waals surface area contributed by atoms with Gasteiger partial charge in [0.2, 0.25) is 11.8 Å². The van der Waals surface area contributed by atoms with Crippen LogP contribution < -0.4 is 10.6 Å². The van der Waals surface area contributed by atoms with E-state index in [0.717, 1.165) is 34.4 Å². The molecule has 123 valence electrons. The van der Waals surface area contributed by atoms with E-state index in [9.17, 15) is 9.59 Å². The molecular formula is C19H20N3O2. The summed E-state index contributed by atoms with van der Waals surface area (Å²) in [5, 5.41) is 0. The molecule has 1 aliphatic heterocycles. The summed E-state index contributed by atoms with van der Waals surface area (Å²) >= 11 is 0. The lowest BCUT2D eigenvalue weighted by molar-refractivity contribution is -0.120. The number of carbonyl (C=O) groups excluding carboxylic acids is 2. The minimum absolute atomic E-state index is 0.147. The number of primary amides is 1. The van der Waals surface area contributed by atoms with Crippen molar-refractivity contribution in [2.75, 3.05) is 11.9 Å². The van der Waals surface area contributed by atoms with Crippen molar-refractivity contribution in [1.82, 2.24) is 4.98 Å². The van der Waals surface area contributed by atoms with Crippen LogP contribution in [0.15, 0.2) is 36.7 Å². The van der Waals surface area contributed by atoms with Crippen molar-refractivity contribution in [2.45, 2.75) is 19.8 Å². The summed E-state index contributed by atoms with van der Waals surface area (Å²) in [6.07, 6.45) is 6.61. The number of anilines is 1. The molecule has 2 aromatic rings. The van der Waals surface area contributed by atoms with Gasteiger partial charge in [-0.3, -0.25) is 14.6 Å². The molecule has 0 fully saturated rings. The fourth-order valence-corrected chi connectivity index (χ4v) is 2.91. The molecular weight excluding hydrogens is 302 g/mol. The average Bonchev–Trinajstić information content (AvgIpc) is 2.58. The van der Waals surface area contributed by atoms with Crippen molar-refractivity contribution in [2.24, 2.45) is 11.7 Å². The standard InChI is InChI=1S/C19H20N3O2/c1-12(19(20)24)7-13-8-16(11-21-10-13)14-3-5-17-15(9-14)4-6-18(23)22(17)2/h3,5,7-12H,4,6H2,1-2H3,(H2,20,24). The van der Waals surface area contributed by atoms with Crippen molar-refractivity contribution < 1.29 is 9.59 Å². The number of amides is 2. The van der Waals surface area contributed by atoms with Gasteiger partial charge in [0, 0.05) is 49.5 Å². The molecule has 3 rings (SSSR count). The number of benzene rings is 1. The lowest BCUT2D eigenvalue weighted by Crippen LogP contribution is -2.30. The van der Waals surface area contributed by atoms with E-state index in [-0.39, 0.29) is 17.7 Å². The zero-order chi connectivity index (χ0) is 17.3. The molecule has 0 bridgehead atoms. The number of hydrogen-bond acceptors (Lipinski definition) is 3. The number of aryl methyl sites for hydroxylation is 1. The van der Waals surface area contributed by atoms with Gasteiger partial charge in [0.25, 0.3) is 0 Å². The molecule has 0 aliphatic carbocycles. The Morgan fingerprint density at radius 1 is 1.25 bits per heavy atom. The van der Waals surface area contributed by atoms with E-state index in [1.165, 1.54) is 0 Å². The Morgan fingerprint density at radius 2 is 2.04 bits per heavy atom. The second kappa shape index (κ2) is 6.43. The summed E-state index contributed by atoms with van der Waals surface area (Å²) in [4.78, 5) is 29.0. The van der Waals surface area contributed by atoms with Gasteiger partial charge in [-0.25, -0.2) is 0 Å². The summed E-state index contributed by atoms with van der Waals surface area (Å²) in [6.45, 7) is 1.76. The van der Waals surface area contributed by atoms with Gasteiger partial charge < -0.3 is 10.6 Å². The van der Waals surface area contributed by atoms with E-state index in [1.54, 1.807) is 24.2 Å². The van der Waals surface area contributed by atoms with Gasteiger partial charge in [-0.15, -0.1) is 0 Å². The highest BCUT2D eigenvalue weighted by molar-refractivity contribution is 5.96. The molecule has 0 saturated carbocycles. The number of pyridine rings is 1. The van der Waals surface area contributed by atoms with Gasteiger partial charge in [-0.05, 0) is 41.3 Å². The van der Waals surface area contributed by atoms with Crippen molar-refractivity contribution in [1.29, 1.82) is 0 Å². The number of hydrogen-bond donors (Lipinski definition) is 1. The Bertz CT molecular complexity index is 801. The number of nitrogens with two attached hydrogens (primary N) is 1. The van der Waals surface area contributed by atoms with Crippen LogP contribution in [0.5, 0.6) is 0 Å². The molecule has 2 N–H and O–H groups in total. The van der Waals surface area contributed by atoms with Crippen molar-refractivity contribution in [3.63, 3.8) is 0 Å². The smallest absolute Gasteiger partial charge is 0.227 e. The molecule has 1 aromatic carbocycles. The summed E-state index contributed by atoms with van der Waals surface area (Å²) < 4.78 is 0. The van der Waals surface area contributed by atoms with Crippen LogP contribution in [0.25, 0.3) is 11.1 Å². The van der Waals surface area contributed by atoms with Crippen molar-refractivity contribution in [3.05, 3.63) is 54.2 Å². The van der Waals surface area contributed by atoms with Crippen LogP contribution in [0.4, 0.5) is 5.69 Å². The van der Waals surface area contributed by atoms with Crippen LogP contribution in [-0.4, -0.2) is 23.8 Å². The van der Waals surface area contributed by atoms with E-state index < -0.39 is 0 Å². The summed E-state index contributed by atoms with van der Waals surface area (Å²) in [7, 11) is 1.81. The van der Waals surface area contributed by atoms with Gasteiger partial charge >= 0.3 is 0 Å². The van der Waals surface area contributed by atoms with Gasteiger partial charge in [0.15, 0.2) is 0 Å². The van der Waals surface area contributed by atoms with Crippen molar-refractivity contribution in [3.8, 4) is 11.1 Å². The molecule has 24 heavy (non-hydrogen) atoms. The highest BCUT2D eigenvalue weighted by Gasteiger charge is 2.21. The maximum atomic E-state index is 11.8. The third kappa shape index (κ3) is 3.15. The zero-order valence-corrected chi connectivity index (χ0v) is 13.8. The number of nitrogens with zero attached hydrogens (tertiary/aromatic N) is 2. The molecule has 5 heteroatoms. The minimum atomic E-state index is -0.359. The first-order valence-corrected chi connectivity index (χ1v) is 7.95. The first-order valence-electron chi connectivity index (χ1n) is 7.95. The lowest BCUT2D eigenvalue weighted by Gasteiger charge is -2.26. The summed E-state index contributed by atoms with van der Waals surface area (Å²) in [5.41, 5.74) is 10.3. The molecule has 1 aromatic heterocycles. The number of carbonyl (C=O) groups is 2. The number of rotatable bonds is 4. The van der Waals surface area contributed by atoms with Crippen LogP contribution in [0.1, 0.15) is 24.5 Å². The van der Waals surface area contributed by atoms with Crippen LogP contribution in [-0.2, 0) is 16.0 Å². The van der Waals surface area contributed by atoms with Crippen LogP contribution in [0.2, 0.25) is 0 Å². The SMILES string of the molecule is CC([CH]c1cncc(-c2ccc3c(c2)CCC(=O)N3C)c1)C(N)=O. The highest BCUT2D eigenvalue weighted by atomic mass is 16.2. The third-order valence-electron chi connectivity index (χ3n) is 4.41. The van der Waals surface area contributed by atoms with E-state index in [0.29, 0.717) is 6.42 Å². The fraction of sp³-hybridized carbons (Fsp3) is 0.263. The molecule has 1 aliphatic rings. The Hall–Kier alpha value is -2.69. The normalized spacial score (nSPS) is 15.1. The van der Waals surface area contributed by atoms with Gasteiger partial charge in [-0.2, -0.15) is 0 Å². The van der Waals surface area contributed by atoms with Crippen LogP contribution >= 0.6 is 0 Å². The maximum Gasteiger partial charge on any atom is 0.227 e. The monoisotopic (exact) mass is 322 g/mol. The Morgan fingerprint density at radius 3 is 2.79 bits per heavy atom. The van der Waals surface area contributed by atoms with Crippen LogP contribution in [0, 0.1) is 12.3 Å². The molecule has 1 radical (unpaired) electrons. The predicted octanol–water partition coefficient (Wildman–Crippen LogP) is 2.33. The molecule has 1 unspecified atom stereocenters. The first-order chi connectivity index (χ1) is 11.5. The first kappa shape index (κ1) is 16.2. The largest absolute Gasteiger partial charge is 0.369 e. The second-order valence-electron chi connectivity index (χ2n) is 6.16. The molecule has 0 spiro atoms. The Balaban J connectivity index is 1.90. The van der Waals surface area contributed by atoms with E-state index >= 15 is 0 Å². The van der Waals surface area contributed by atoms with E-state index in [1.807, 2.05) is 31.7 Å². The van der Waals surface area contributed by atoms with Gasteiger partial charge in [-0.1, -0.05) is 13.0 Å². The third-order valence-corrected chi connectivity index (χ3v) is 4.41. The summed E-state index contributed by atoms with van der Waals surface area (Å²) in [5.74, 6) is -0.555. The Labute approximate surface area is 141 Å². The molecule has 0 saturated heterocycles. The molecule has 5 nitrogen and oxygen atoms in total. The van der Waals surface area contributed by atoms with E-state index in [2.05, 4.69) is 11.1 Å². The number of fused-ring (bicyclic) bond motifs is 1. The van der Waals surface area contributed by atoms with Gasteiger partial charge in [0.05, 0.1) is 0 Å². The minimum Gasteiger partial charge on any atom is -0.369 e. The average molecular weight is 322 g/mol. The topological polar surface area (TPSA) is 76.3 Å². The molecule has 2 amide bonds. The Kier molecular flexibility index (Phi) is 4.34. The molecule has 2 heterocycles. The highest BCUT2D eigenvalue weighted by Crippen LogP contribution is 2.31. The maximum absolute atomic E-state index is 11.8. The summed E-state index contributed by atoms with van der Waals surface area (Å²) in [6, 6.07) is 8.07. The van der Waals surface area contributed by atoms with Crippen LogP contribution in [0.3, 0.4) is 0 Å². The number of aromatic nitrogens is 1. The second-order valence-corrected chi connectivity index (χ2v) is 6.16. The fourth-order valence-electron chi connectivity index (χ4n) is 2.91. The molecule has 1 atom stereocenters. The van der Waals surface area contributed by atoms with Crippen molar-refractivity contribution >= 4 is 17.5 Å². The predicted molar refractivity (Wildman–Crippen MR) is 93.2 cm³/mol. The van der Waals surface area contributed by atoms with Gasteiger partial charge in [0.1, 0.15) is 0 Å². The quantitative estimate of drug-likeness (QED) is 0.938. The zero-order valence-electron chi connectivity index (χ0n) is 13.8. The lowest BCUT2D eigenvalue weighted by atomic mass is 9.95.